The van der Waals surface area contributed by atoms with Crippen LogP contribution < -0.4 is 10.0 Å². The highest BCUT2D eigenvalue weighted by molar-refractivity contribution is 7.89. The van der Waals surface area contributed by atoms with E-state index in [1.54, 1.807) is 12.1 Å². The van der Waals surface area contributed by atoms with Crippen molar-refractivity contribution in [3.8, 4) is 0 Å². The van der Waals surface area contributed by atoms with E-state index in [0.717, 1.165) is 11.1 Å². The summed E-state index contributed by atoms with van der Waals surface area (Å²) in [7, 11) is -4.13. The molecule has 0 aliphatic heterocycles. The lowest BCUT2D eigenvalue weighted by atomic mass is 10.1. The number of nitrogens with one attached hydrogen (secondary N) is 2. The molecular weight excluding hydrogens is 432 g/mol. The molecule has 2 aromatic rings. The third kappa shape index (κ3) is 6.53. The third-order valence-corrected chi connectivity index (χ3v) is 5.99. The smallest absolute Gasteiger partial charge is 0.327 e. The van der Waals surface area contributed by atoms with Gasteiger partial charge in [0.05, 0.1) is 11.0 Å². The standard InChI is InChI=1S/C20H23ClN2O6S/c1-12-4-7-16(10-13(12)2)22-18(25)11-29-20(26)19(14(3)24)23-30(27,28)17-8-5-15(21)6-9-17/h4-10,14,19,23-24H,11H2,1-3H3,(H,22,25)/t14-,19+/m0/s1. The fraction of sp³-hybridized carbons (Fsp3) is 0.300. The number of ether oxygens (including phenoxy) is 1. The number of amides is 1. The molecule has 2 atom stereocenters. The number of rotatable bonds is 8. The van der Waals surface area contributed by atoms with Crippen LogP contribution in [0, 0.1) is 13.8 Å². The van der Waals surface area contributed by atoms with Crippen LogP contribution in [0.5, 0.6) is 0 Å². The Balaban J connectivity index is 2.00. The van der Waals surface area contributed by atoms with Crippen LogP contribution in [-0.4, -0.2) is 44.2 Å². The van der Waals surface area contributed by atoms with Gasteiger partial charge >= 0.3 is 5.97 Å². The first-order valence-electron chi connectivity index (χ1n) is 8.99. The summed E-state index contributed by atoms with van der Waals surface area (Å²) in [5.41, 5.74) is 2.58. The van der Waals surface area contributed by atoms with Crippen LogP contribution in [-0.2, 0) is 24.3 Å². The molecule has 10 heteroatoms. The van der Waals surface area contributed by atoms with Crippen LogP contribution >= 0.6 is 11.6 Å². The average Bonchev–Trinajstić information content (AvgIpc) is 2.67. The van der Waals surface area contributed by atoms with E-state index in [1.165, 1.54) is 31.2 Å². The lowest BCUT2D eigenvalue weighted by Crippen LogP contribution is -2.48. The van der Waals surface area contributed by atoms with Crippen LogP contribution in [0.1, 0.15) is 18.1 Å². The number of aliphatic hydroxyl groups is 1. The number of anilines is 1. The van der Waals surface area contributed by atoms with Crippen molar-refractivity contribution in [2.45, 2.75) is 37.8 Å². The van der Waals surface area contributed by atoms with Crippen LogP contribution in [0.15, 0.2) is 47.4 Å². The number of esters is 1. The second kappa shape index (κ2) is 10.0. The molecule has 8 nitrogen and oxygen atoms in total. The first kappa shape index (κ1) is 23.8. The zero-order chi connectivity index (χ0) is 22.5. The fourth-order valence-corrected chi connectivity index (χ4v) is 3.82. The fourth-order valence-electron chi connectivity index (χ4n) is 2.44. The summed E-state index contributed by atoms with van der Waals surface area (Å²) in [6, 6.07) is 8.99. The van der Waals surface area contributed by atoms with Gasteiger partial charge in [0.2, 0.25) is 10.0 Å². The van der Waals surface area contributed by atoms with Crippen LogP contribution in [0.3, 0.4) is 0 Å². The average molecular weight is 455 g/mol. The van der Waals surface area contributed by atoms with Gasteiger partial charge in [-0.25, -0.2) is 8.42 Å². The van der Waals surface area contributed by atoms with E-state index in [4.69, 9.17) is 16.3 Å². The SMILES string of the molecule is Cc1ccc(NC(=O)COC(=O)[C@H](NS(=O)(=O)c2ccc(Cl)cc2)[C@H](C)O)cc1C. The van der Waals surface area contributed by atoms with Crippen molar-refractivity contribution >= 4 is 39.2 Å². The molecule has 0 saturated heterocycles. The molecule has 0 aromatic heterocycles. The molecule has 30 heavy (non-hydrogen) atoms. The van der Waals surface area contributed by atoms with E-state index in [1.807, 2.05) is 19.9 Å². The lowest BCUT2D eigenvalue weighted by molar-refractivity contribution is -0.151. The maximum absolute atomic E-state index is 12.4. The number of aliphatic hydroxyl groups excluding tert-OH is 1. The Labute approximate surface area is 180 Å². The minimum Gasteiger partial charge on any atom is -0.454 e. The Bertz CT molecular complexity index is 1020. The molecule has 0 fully saturated rings. The summed E-state index contributed by atoms with van der Waals surface area (Å²) in [6.07, 6.45) is -1.40. The Morgan fingerprint density at radius 2 is 1.73 bits per heavy atom. The van der Waals surface area contributed by atoms with Gasteiger partial charge in [-0.2, -0.15) is 4.72 Å². The number of carbonyl (C=O) groups excluding carboxylic acids is 2. The van der Waals surface area contributed by atoms with E-state index in [9.17, 15) is 23.1 Å². The van der Waals surface area contributed by atoms with Gasteiger partial charge in [-0.05, 0) is 68.3 Å². The number of aryl methyl sites for hydroxylation is 2. The van der Waals surface area contributed by atoms with Crippen molar-refractivity contribution < 1.29 is 27.9 Å². The van der Waals surface area contributed by atoms with E-state index in [2.05, 4.69) is 10.0 Å². The van der Waals surface area contributed by atoms with Crippen molar-refractivity contribution in [3.63, 3.8) is 0 Å². The molecule has 0 saturated carbocycles. The number of hydrogen-bond donors (Lipinski definition) is 3. The molecule has 0 radical (unpaired) electrons. The van der Waals surface area contributed by atoms with Crippen molar-refractivity contribution in [3.05, 3.63) is 58.6 Å². The second-order valence-electron chi connectivity index (χ2n) is 6.75. The number of carbonyl (C=O) groups is 2. The Kier molecular flexibility index (Phi) is 7.96. The third-order valence-electron chi connectivity index (χ3n) is 4.28. The molecular formula is C20H23ClN2O6S. The number of benzene rings is 2. The summed E-state index contributed by atoms with van der Waals surface area (Å²) >= 11 is 5.75. The molecule has 1 amide bonds. The van der Waals surface area contributed by atoms with Gasteiger partial charge in [-0.15, -0.1) is 0 Å². The highest BCUT2D eigenvalue weighted by Gasteiger charge is 2.31. The molecule has 2 rings (SSSR count). The van der Waals surface area contributed by atoms with Crippen LogP contribution in [0.4, 0.5) is 5.69 Å². The number of hydrogen-bond acceptors (Lipinski definition) is 6. The monoisotopic (exact) mass is 454 g/mol. The van der Waals surface area contributed by atoms with Crippen LogP contribution in [0.2, 0.25) is 5.02 Å². The van der Waals surface area contributed by atoms with E-state index < -0.39 is 40.7 Å². The molecule has 0 aliphatic carbocycles. The van der Waals surface area contributed by atoms with Gasteiger partial charge in [-0.1, -0.05) is 17.7 Å². The summed E-state index contributed by atoms with van der Waals surface area (Å²) < 4.78 is 31.9. The predicted octanol–water partition coefficient (Wildman–Crippen LogP) is 2.17. The minimum absolute atomic E-state index is 0.141. The molecule has 162 valence electrons. The van der Waals surface area contributed by atoms with Crippen LogP contribution in [0.25, 0.3) is 0 Å². The maximum Gasteiger partial charge on any atom is 0.327 e. The summed E-state index contributed by atoms with van der Waals surface area (Å²) in [6.45, 7) is 4.41. The Morgan fingerprint density at radius 3 is 2.30 bits per heavy atom. The highest BCUT2D eigenvalue weighted by atomic mass is 35.5. The Morgan fingerprint density at radius 1 is 1.10 bits per heavy atom. The quantitative estimate of drug-likeness (QED) is 0.525. The van der Waals surface area contributed by atoms with Crippen molar-refractivity contribution in [2.75, 3.05) is 11.9 Å². The first-order chi connectivity index (χ1) is 14.0. The van der Waals surface area contributed by atoms with Gasteiger partial charge in [0.25, 0.3) is 5.91 Å². The molecule has 2 aromatic carbocycles. The van der Waals surface area contributed by atoms with E-state index >= 15 is 0 Å². The van der Waals surface area contributed by atoms with Crippen molar-refractivity contribution in [1.29, 1.82) is 0 Å². The number of sulfonamides is 1. The Hall–Kier alpha value is -2.46. The normalized spacial score (nSPS) is 13.4. The zero-order valence-electron chi connectivity index (χ0n) is 16.7. The van der Waals surface area contributed by atoms with Gasteiger partial charge in [0.1, 0.15) is 6.04 Å². The molecule has 0 spiro atoms. The summed E-state index contributed by atoms with van der Waals surface area (Å²) in [5.74, 6) is -1.69. The number of halogens is 1. The zero-order valence-corrected chi connectivity index (χ0v) is 18.3. The first-order valence-corrected chi connectivity index (χ1v) is 10.9. The van der Waals surface area contributed by atoms with Gasteiger partial charge in [-0.3, -0.25) is 9.59 Å². The lowest BCUT2D eigenvalue weighted by Gasteiger charge is -2.20. The minimum atomic E-state index is -4.13. The largest absolute Gasteiger partial charge is 0.454 e. The van der Waals surface area contributed by atoms with Crippen molar-refractivity contribution in [2.24, 2.45) is 0 Å². The second-order valence-corrected chi connectivity index (χ2v) is 8.90. The molecule has 0 bridgehead atoms. The predicted molar refractivity (Wildman–Crippen MR) is 113 cm³/mol. The van der Waals surface area contributed by atoms with Crippen molar-refractivity contribution in [1.82, 2.24) is 4.72 Å². The molecule has 0 heterocycles. The highest BCUT2D eigenvalue weighted by Crippen LogP contribution is 2.16. The van der Waals surface area contributed by atoms with E-state index in [-0.39, 0.29) is 4.90 Å². The maximum atomic E-state index is 12.4. The molecule has 0 unspecified atom stereocenters. The van der Waals surface area contributed by atoms with E-state index in [0.29, 0.717) is 10.7 Å². The topological polar surface area (TPSA) is 122 Å². The molecule has 3 N–H and O–H groups in total. The molecule has 0 aliphatic rings. The van der Waals surface area contributed by atoms with Gasteiger partial charge in [0, 0.05) is 10.7 Å². The summed E-state index contributed by atoms with van der Waals surface area (Å²) in [5, 5.41) is 12.8. The van der Waals surface area contributed by atoms with Gasteiger partial charge < -0.3 is 15.2 Å². The van der Waals surface area contributed by atoms with Gasteiger partial charge in [0.15, 0.2) is 6.61 Å². The summed E-state index contributed by atoms with van der Waals surface area (Å²) in [4.78, 5) is 24.2.